The maximum Gasteiger partial charge on any atom is 0.197 e. The van der Waals surface area contributed by atoms with Crippen LogP contribution in [0.4, 0.5) is 5.69 Å². The maximum atomic E-state index is 12.2. The summed E-state index contributed by atoms with van der Waals surface area (Å²) >= 11 is 0. The van der Waals surface area contributed by atoms with Gasteiger partial charge in [-0.15, -0.1) is 0 Å². The fourth-order valence-electron chi connectivity index (χ4n) is 2.58. The highest BCUT2D eigenvalue weighted by Gasteiger charge is 2.20. The van der Waals surface area contributed by atoms with Crippen molar-refractivity contribution in [3.8, 4) is 0 Å². The zero-order chi connectivity index (χ0) is 12.5. The zero-order valence-corrected chi connectivity index (χ0v) is 11.0. The highest BCUT2D eigenvalue weighted by molar-refractivity contribution is 7.84. The number of fused-ring (bicyclic) bond motifs is 1. The minimum atomic E-state index is -1.02. The summed E-state index contributed by atoms with van der Waals surface area (Å²) < 4.78 is 12.2. The predicted molar refractivity (Wildman–Crippen MR) is 73.7 cm³/mol. The molecule has 3 N–H and O–H groups in total. The Morgan fingerprint density at radius 2 is 2.17 bits per heavy atom. The Balaban J connectivity index is 1.82. The molecule has 0 bridgehead atoms. The van der Waals surface area contributed by atoms with Crippen LogP contribution in [-0.2, 0) is 10.8 Å². The van der Waals surface area contributed by atoms with E-state index < -0.39 is 10.8 Å². The van der Waals surface area contributed by atoms with E-state index >= 15 is 0 Å². The molecule has 1 heterocycles. The molecular weight excluding hydrogens is 246 g/mol. The molecule has 0 amide bonds. The van der Waals surface area contributed by atoms with Crippen LogP contribution in [0.15, 0.2) is 23.4 Å². The number of nitrogen functional groups attached to an aromatic ring is 1. The second-order valence-electron chi connectivity index (χ2n) is 4.98. The summed E-state index contributed by atoms with van der Waals surface area (Å²) in [7, 11) is -1.02. The van der Waals surface area contributed by atoms with Gasteiger partial charge in [-0.1, -0.05) is 12.8 Å². The molecule has 1 aromatic heterocycles. The van der Waals surface area contributed by atoms with E-state index in [-0.39, 0.29) is 0 Å². The summed E-state index contributed by atoms with van der Waals surface area (Å²) in [6.45, 7) is 0. The molecule has 0 radical (unpaired) electrons. The van der Waals surface area contributed by atoms with Crippen LogP contribution in [0.3, 0.4) is 0 Å². The van der Waals surface area contributed by atoms with Crippen LogP contribution in [0.1, 0.15) is 25.7 Å². The second-order valence-corrected chi connectivity index (χ2v) is 6.39. The lowest BCUT2D eigenvalue weighted by Crippen LogP contribution is -2.08. The van der Waals surface area contributed by atoms with Gasteiger partial charge in [0.1, 0.15) is 0 Å². The number of H-pyrrole nitrogens is 1. The summed E-state index contributed by atoms with van der Waals surface area (Å²) in [4.78, 5) is 7.50. The topological polar surface area (TPSA) is 71.8 Å². The Bertz CT molecular complexity index is 587. The molecule has 1 aliphatic rings. The molecule has 1 saturated carbocycles. The molecule has 0 spiro atoms. The molecule has 3 rings (SSSR count). The van der Waals surface area contributed by atoms with Crippen molar-refractivity contribution in [1.29, 1.82) is 0 Å². The monoisotopic (exact) mass is 263 g/mol. The van der Waals surface area contributed by atoms with Crippen LogP contribution in [0.2, 0.25) is 0 Å². The minimum Gasteiger partial charge on any atom is -0.399 e. The first kappa shape index (κ1) is 11.7. The Labute approximate surface area is 108 Å². The van der Waals surface area contributed by atoms with Crippen LogP contribution < -0.4 is 5.73 Å². The fraction of sp³-hybridized carbons (Fsp3) is 0.462. The first-order chi connectivity index (χ1) is 8.72. The number of nitrogens with one attached hydrogen (secondary N) is 1. The number of benzene rings is 1. The molecular formula is C13H17N3OS. The van der Waals surface area contributed by atoms with Gasteiger partial charge in [0, 0.05) is 11.4 Å². The summed E-state index contributed by atoms with van der Waals surface area (Å²) in [6.07, 6.45) is 4.97. The molecule has 4 nitrogen and oxygen atoms in total. The minimum absolute atomic E-state index is 0.586. The Morgan fingerprint density at radius 1 is 1.39 bits per heavy atom. The van der Waals surface area contributed by atoms with Crippen molar-refractivity contribution >= 4 is 27.5 Å². The van der Waals surface area contributed by atoms with E-state index in [1.807, 2.05) is 18.2 Å². The normalized spacial score (nSPS) is 18.4. The molecule has 1 atom stereocenters. The van der Waals surface area contributed by atoms with Gasteiger partial charge in [-0.3, -0.25) is 4.21 Å². The third-order valence-corrected chi connectivity index (χ3v) is 4.96. The van der Waals surface area contributed by atoms with Crippen LogP contribution in [0, 0.1) is 5.92 Å². The number of aromatic amines is 1. The van der Waals surface area contributed by atoms with Gasteiger partial charge in [-0.2, -0.15) is 0 Å². The Kier molecular flexibility index (Phi) is 3.07. The fourth-order valence-corrected chi connectivity index (χ4v) is 3.93. The Hall–Kier alpha value is -1.36. The van der Waals surface area contributed by atoms with Crippen molar-refractivity contribution in [2.24, 2.45) is 5.92 Å². The van der Waals surface area contributed by atoms with Crippen molar-refractivity contribution in [3.05, 3.63) is 18.2 Å². The van der Waals surface area contributed by atoms with Crippen molar-refractivity contribution in [3.63, 3.8) is 0 Å². The van der Waals surface area contributed by atoms with Gasteiger partial charge in [0.15, 0.2) is 5.16 Å². The van der Waals surface area contributed by atoms with Gasteiger partial charge in [0.25, 0.3) is 0 Å². The smallest absolute Gasteiger partial charge is 0.197 e. The average Bonchev–Trinajstić information content (AvgIpc) is 2.96. The number of imidazole rings is 1. The van der Waals surface area contributed by atoms with Gasteiger partial charge in [0.2, 0.25) is 0 Å². The summed E-state index contributed by atoms with van der Waals surface area (Å²) in [5.74, 6) is 1.33. The molecule has 2 aromatic rings. The number of aromatic nitrogens is 2. The van der Waals surface area contributed by atoms with Gasteiger partial charge in [0.05, 0.1) is 21.8 Å². The molecule has 1 aromatic carbocycles. The molecule has 96 valence electrons. The van der Waals surface area contributed by atoms with E-state index in [1.54, 1.807) is 0 Å². The van der Waals surface area contributed by atoms with Crippen molar-refractivity contribution in [1.82, 2.24) is 9.97 Å². The van der Waals surface area contributed by atoms with E-state index in [9.17, 15) is 4.21 Å². The second kappa shape index (κ2) is 4.72. The third kappa shape index (κ3) is 2.27. The number of hydrogen-bond donors (Lipinski definition) is 2. The van der Waals surface area contributed by atoms with Crippen LogP contribution in [0.25, 0.3) is 11.0 Å². The summed E-state index contributed by atoms with van der Waals surface area (Å²) in [5.41, 5.74) is 8.11. The van der Waals surface area contributed by atoms with Gasteiger partial charge < -0.3 is 10.7 Å². The number of rotatable bonds is 3. The number of nitrogens with zero attached hydrogens (tertiary/aromatic N) is 1. The lowest BCUT2D eigenvalue weighted by Gasteiger charge is -2.05. The van der Waals surface area contributed by atoms with Gasteiger partial charge >= 0.3 is 0 Å². The van der Waals surface area contributed by atoms with Crippen molar-refractivity contribution in [2.45, 2.75) is 30.8 Å². The van der Waals surface area contributed by atoms with Crippen molar-refractivity contribution in [2.75, 3.05) is 11.5 Å². The lowest BCUT2D eigenvalue weighted by molar-refractivity contribution is 0.602. The van der Waals surface area contributed by atoms with Crippen molar-refractivity contribution < 1.29 is 4.21 Å². The summed E-state index contributed by atoms with van der Waals surface area (Å²) in [5, 5.41) is 0.586. The zero-order valence-electron chi connectivity index (χ0n) is 10.2. The van der Waals surface area contributed by atoms with E-state index in [2.05, 4.69) is 9.97 Å². The first-order valence-corrected chi connectivity index (χ1v) is 7.68. The molecule has 5 heteroatoms. The average molecular weight is 263 g/mol. The molecule has 1 unspecified atom stereocenters. The van der Waals surface area contributed by atoms with E-state index in [0.717, 1.165) is 16.8 Å². The number of anilines is 1. The van der Waals surface area contributed by atoms with E-state index in [4.69, 9.17) is 5.73 Å². The molecule has 0 saturated heterocycles. The highest BCUT2D eigenvalue weighted by atomic mass is 32.2. The van der Waals surface area contributed by atoms with E-state index in [0.29, 0.717) is 16.8 Å². The SMILES string of the molecule is Nc1ccc2nc(S(=O)CC3CCCC3)[nH]c2c1. The van der Waals surface area contributed by atoms with E-state index in [1.165, 1.54) is 25.7 Å². The Morgan fingerprint density at radius 3 is 2.94 bits per heavy atom. The lowest BCUT2D eigenvalue weighted by atomic mass is 10.1. The molecule has 0 aliphatic heterocycles. The molecule has 18 heavy (non-hydrogen) atoms. The standard InChI is InChI=1S/C13H17N3OS/c14-10-5-6-11-12(7-10)16-13(15-11)18(17)8-9-3-1-2-4-9/h5-7,9H,1-4,8,14H2,(H,15,16). The van der Waals surface area contributed by atoms with Gasteiger partial charge in [-0.25, -0.2) is 4.98 Å². The largest absolute Gasteiger partial charge is 0.399 e. The highest BCUT2D eigenvalue weighted by Crippen LogP contribution is 2.26. The quantitative estimate of drug-likeness (QED) is 0.835. The van der Waals surface area contributed by atoms with Gasteiger partial charge in [-0.05, 0) is 37.0 Å². The van der Waals surface area contributed by atoms with Crippen LogP contribution in [0.5, 0.6) is 0 Å². The van der Waals surface area contributed by atoms with Crippen LogP contribution in [-0.4, -0.2) is 19.9 Å². The molecule has 1 aliphatic carbocycles. The summed E-state index contributed by atoms with van der Waals surface area (Å²) in [6, 6.07) is 5.50. The first-order valence-electron chi connectivity index (χ1n) is 6.36. The van der Waals surface area contributed by atoms with Crippen LogP contribution >= 0.6 is 0 Å². The number of hydrogen-bond acceptors (Lipinski definition) is 3. The third-order valence-electron chi connectivity index (χ3n) is 3.56. The predicted octanol–water partition coefficient (Wildman–Crippen LogP) is 2.44. The maximum absolute atomic E-state index is 12.2. The molecule has 1 fully saturated rings. The number of nitrogens with two attached hydrogens (primary N) is 1.